The Bertz CT molecular complexity index is 475. The second-order valence-corrected chi connectivity index (χ2v) is 4.96. The number of hydrogen-bond donors (Lipinski definition) is 1. The molecule has 2 heterocycles. The van der Waals surface area contributed by atoms with Crippen molar-refractivity contribution in [3.63, 3.8) is 0 Å². The molecule has 18 heavy (non-hydrogen) atoms. The van der Waals surface area contributed by atoms with E-state index in [9.17, 15) is 0 Å². The first kappa shape index (κ1) is 12.9. The zero-order valence-electron chi connectivity index (χ0n) is 11.4. The topological polar surface area (TPSA) is 29.3 Å². The Morgan fingerprint density at radius 1 is 1.28 bits per heavy atom. The monoisotopic (exact) mass is 245 g/mol. The molecular formula is C15H23N3. The maximum absolute atomic E-state index is 4.30. The van der Waals surface area contributed by atoms with E-state index in [1.165, 1.54) is 32.1 Å². The van der Waals surface area contributed by atoms with Crippen molar-refractivity contribution in [2.75, 3.05) is 5.32 Å². The van der Waals surface area contributed by atoms with Gasteiger partial charge in [0.1, 0.15) is 11.5 Å². The fraction of sp³-hybridized carbons (Fsp3) is 0.533. The number of hydrogen-bond acceptors (Lipinski definition) is 2. The lowest BCUT2D eigenvalue weighted by molar-refractivity contribution is 0.592. The number of nitrogens with one attached hydrogen (secondary N) is 1. The molecule has 2 aromatic rings. The summed E-state index contributed by atoms with van der Waals surface area (Å²) in [5.41, 5.74) is 0.998. The third kappa shape index (κ3) is 3.25. The van der Waals surface area contributed by atoms with Crippen molar-refractivity contribution in [3.05, 3.63) is 30.6 Å². The van der Waals surface area contributed by atoms with Crippen LogP contribution in [0.25, 0.3) is 5.65 Å². The lowest BCUT2D eigenvalue weighted by atomic mass is 10.1. The van der Waals surface area contributed by atoms with Gasteiger partial charge in [0.05, 0.1) is 0 Å². The van der Waals surface area contributed by atoms with Crippen molar-refractivity contribution in [2.24, 2.45) is 0 Å². The molecule has 0 saturated heterocycles. The number of rotatable bonds is 7. The fourth-order valence-electron chi connectivity index (χ4n) is 2.27. The molecule has 1 atom stereocenters. The van der Waals surface area contributed by atoms with Gasteiger partial charge in [0.15, 0.2) is 0 Å². The Hall–Kier alpha value is -1.51. The smallest absolute Gasteiger partial charge is 0.138 e. The number of imidazole rings is 1. The quantitative estimate of drug-likeness (QED) is 0.744. The summed E-state index contributed by atoms with van der Waals surface area (Å²) in [5, 5.41) is 3.57. The molecule has 0 spiro atoms. The number of aromatic nitrogens is 2. The standard InChI is InChI=1S/C15H23N3/c1-3-4-5-6-8-13(2)17-15-10-7-9-14-16-11-12-18(14)15/h7,9-13,17H,3-6,8H2,1-2H3. The van der Waals surface area contributed by atoms with Crippen LogP contribution in [0.1, 0.15) is 46.0 Å². The van der Waals surface area contributed by atoms with Crippen molar-refractivity contribution in [2.45, 2.75) is 52.0 Å². The molecule has 0 amide bonds. The van der Waals surface area contributed by atoms with Gasteiger partial charge in [0, 0.05) is 18.4 Å². The van der Waals surface area contributed by atoms with Gasteiger partial charge >= 0.3 is 0 Å². The van der Waals surface area contributed by atoms with E-state index in [1.54, 1.807) is 0 Å². The lowest BCUT2D eigenvalue weighted by Gasteiger charge is -2.16. The molecule has 0 radical (unpaired) electrons. The predicted octanol–water partition coefficient (Wildman–Crippen LogP) is 4.11. The van der Waals surface area contributed by atoms with Crippen LogP contribution in [-0.2, 0) is 0 Å². The Labute approximate surface area is 109 Å². The SMILES string of the molecule is CCCCCCC(C)Nc1cccc2nccn12. The zero-order valence-corrected chi connectivity index (χ0v) is 11.4. The Balaban J connectivity index is 1.90. The number of fused-ring (bicyclic) bond motifs is 1. The average molecular weight is 245 g/mol. The van der Waals surface area contributed by atoms with Crippen LogP contribution < -0.4 is 5.32 Å². The average Bonchev–Trinajstić information content (AvgIpc) is 2.84. The van der Waals surface area contributed by atoms with Crippen LogP contribution in [0.3, 0.4) is 0 Å². The van der Waals surface area contributed by atoms with Gasteiger partial charge in [0.2, 0.25) is 0 Å². The van der Waals surface area contributed by atoms with E-state index in [0.717, 1.165) is 11.5 Å². The van der Waals surface area contributed by atoms with Crippen molar-refractivity contribution in [1.29, 1.82) is 0 Å². The zero-order chi connectivity index (χ0) is 12.8. The Morgan fingerprint density at radius 2 is 2.17 bits per heavy atom. The highest BCUT2D eigenvalue weighted by atomic mass is 15.1. The maximum Gasteiger partial charge on any atom is 0.138 e. The van der Waals surface area contributed by atoms with Crippen molar-refractivity contribution >= 4 is 11.5 Å². The molecule has 1 N–H and O–H groups in total. The van der Waals surface area contributed by atoms with Gasteiger partial charge in [-0.2, -0.15) is 0 Å². The first-order chi connectivity index (χ1) is 8.81. The van der Waals surface area contributed by atoms with E-state index >= 15 is 0 Å². The van der Waals surface area contributed by atoms with Crippen LogP contribution in [0.15, 0.2) is 30.6 Å². The minimum absolute atomic E-state index is 0.509. The second-order valence-electron chi connectivity index (χ2n) is 4.96. The van der Waals surface area contributed by atoms with Crippen LogP contribution in [0.2, 0.25) is 0 Å². The molecule has 2 aromatic heterocycles. The number of nitrogens with zero attached hydrogens (tertiary/aromatic N) is 2. The van der Waals surface area contributed by atoms with E-state index in [4.69, 9.17) is 0 Å². The normalized spacial score (nSPS) is 12.8. The van der Waals surface area contributed by atoms with Crippen LogP contribution in [0.5, 0.6) is 0 Å². The minimum atomic E-state index is 0.509. The van der Waals surface area contributed by atoms with E-state index in [2.05, 4.69) is 40.7 Å². The first-order valence-corrected chi connectivity index (χ1v) is 7.00. The minimum Gasteiger partial charge on any atom is -0.369 e. The molecule has 0 aliphatic carbocycles. The number of unbranched alkanes of at least 4 members (excludes halogenated alkanes) is 3. The molecule has 2 rings (SSSR count). The van der Waals surface area contributed by atoms with Crippen LogP contribution in [0.4, 0.5) is 5.82 Å². The Morgan fingerprint density at radius 3 is 3.00 bits per heavy atom. The van der Waals surface area contributed by atoms with Crippen LogP contribution in [-0.4, -0.2) is 15.4 Å². The summed E-state index contributed by atoms with van der Waals surface area (Å²) >= 11 is 0. The van der Waals surface area contributed by atoms with Crippen LogP contribution >= 0.6 is 0 Å². The van der Waals surface area contributed by atoms with Gasteiger partial charge in [-0.15, -0.1) is 0 Å². The largest absolute Gasteiger partial charge is 0.369 e. The van der Waals surface area contributed by atoms with E-state index < -0.39 is 0 Å². The van der Waals surface area contributed by atoms with Gasteiger partial charge in [-0.3, -0.25) is 4.40 Å². The highest BCUT2D eigenvalue weighted by Crippen LogP contribution is 2.14. The van der Waals surface area contributed by atoms with Gasteiger partial charge in [-0.1, -0.05) is 38.7 Å². The summed E-state index contributed by atoms with van der Waals surface area (Å²) in [5.74, 6) is 1.13. The summed E-state index contributed by atoms with van der Waals surface area (Å²) < 4.78 is 2.10. The molecule has 0 bridgehead atoms. The third-order valence-electron chi connectivity index (χ3n) is 3.31. The van der Waals surface area contributed by atoms with Gasteiger partial charge < -0.3 is 5.32 Å². The third-order valence-corrected chi connectivity index (χ3v) is 3.31. The molecule has 0 saturated carbocycles. The number of pyridine rings is 1. The Kier molecular flexibility index (Phi) is 4.62. The van der Waals surface area contributed by atoms with Crippen molar-refractivity contribution in [3.8, 4) is 0 Å². The fourth-order valence-corrected chi connectivity index (χ4v) is 2.27. The summed E-state index contributed by atoms with van der Waals surface area (Å²) in [7, 11) is 0. The van der Waals surface area contributed by atoms with E-state index in [1.807, 2.05) is 18.5 Å². The van der Waals surface area contributed by atoms with Crippen LogP contribution in [0, 0.1) is 0 Å². The summed E-state index contributed by atoms with van der Waals surface area (Å²) in [4.78, 5) is 4.30. The first-order valence-electron chi connectivity index (χ1n) is 7.00. The molecule has 98 valence electrons. The van der Waals surface area contributed by atoms with Gasteiger partial charge in [0.25, 0.3) is 0 Å². The van der Waals surface area contributed by atoms with Gasteiger partial charge in [-0.05, 0) is 25.5 Å². The van der Waals surface area contributed by atoms with Crippen molar-refractivity contribution < 1.29 is 0 Å². The summed E-state index contributed by atoms with van der Waals surface area (Å²) in [6, 6.07) is 6.69. The van der Waals surface area contributed by atoms with Gasteiger partial charge in [-0.25, -0.2) is 4.98 Å². The number of anilines is 1. The van der Waals surface area contributed by atoms with E-state index in [0.29, 0.717) is 6.04 Å². The predicted molar refractivity (Wildman–Crippen MR) is 77.0 cm³/mol. The second kappa shape index (κ2) is 6.43. The van der Waals surface area contributed by atoms with Crippen molar-refractivity contribution in [1.82, 2.24) is 9.38 Å². The maximum atomic E-state index is 4.30. The highest BCUT2D eigenvalue weighted by Gasteiger charge is 2.04. The molecule has 3 heteroatoms. The van der Waals surface area contributed by atoms with E-state index in [-0.39, 0.29) is 0 Å². The molecular weight excluding hydrogens is 222 g/mol. The molecule has 0 fully saturated rings. The molecule has 0 aliphatic heterocycles. The molecule has 0 aliphatic rings. The summed E-state index contributed by atoms with van der Waals surface area (Å²) in [6.45, 7) is 4.50. The molecule has 3 nitrogen and oxygen atoms in total. The molecule has 0 aromatic carbocycles. The lowest BCUT2D eigenvalue weighted by Crippen LogP contribution is -2.16. The highest BCUT2D eigenvalue weighted by molar-refractivity contribution is 5.50. The molecule has 1 unspecified atom stereocenters. The summed E-state index contributed by atoms with van der Waals surface area (Å²) in [6.07, 6.45) is 10.4.